The van der Waals surface area contributed by atoms with Crippen molar-refractivity contribution in [2.75, 3.05) is 13.6 Å². The van der Waals surface area contributed by atoms with Gasteiger partial charge in [-0.3, -0.25) is 14.4 Å². The molecule has 0 aromatic carbocycles. The van der Waals surface area contributed by atoms with Crippen LogP contribution in [0.25, 0.3) is 0 Å². The Hall–Kier alpha value is -1.59. The van der Waals surface area contributed by atoms with Gasteiger partial charge in [0, 0.05) is 20.0 Å². The molecule has 19 heavy (non-hydrogen) atoms. The molecule has 1 saturated heterocycles. The van der Waals surface area contributed by atoms with Gasteiger partial charge in [0.25, 0.3) is 0 Å². The van der Waals surface area contributed by atoms with Crippen LogP contribution >= 0.6 is 0 Å². The molecule has 1 aliphatic heterocycles. The number of piperidine rings is 1. The monoisotopic (exact) mass is 270 g/mol. The van der Waals surface area contributed by atoms with Crippen LogP contribution in [0.15, 0.2) is 0 Å². The van der Waals surface area contributed by atoms with E-state index in [1.165, 1.54) is 18.7 Å². The van der Waals surface area contributed by atoms with Crippen LogP contribution in [0.4, 0.5) is 0 Å². The van der Waals surface area contributed by atoms with Crippen molar-refractivity contribution in [1.29, 1.82) is 0 Å². The van der Waals surface area contributed by atoms with Crippen LogP contribution in [0.5, 0.6) is 0 Å². The van der Waals surface area contributed by atoms with Gasteiger partial charge in [0.05, 0.1) is 5.41 Å². The largest absolute Gasteiger partial charge is 0.481 e. The summed E-state index contributed by atoms with van der Waals surface area (Å²) in [5.41, 5.74) is -1.11. The number of amides is 2. The van der Waals surface area contributed by atoms with E-state index < -0.39 is 17.4 Å². The van der Waals surface area contributed by atoms with Crippen molar-refractivity contribution in [3.05, 3.63) is 0 Å². The molecule has 1 aliphatic rings. The Bertz CT molecular complexity index is 379. The molecule has 2 N–H and O–H groups in total. The van der Waals surface area contributed by atoms with Crippen molar-refractivity contribution in [2.45, 2.75) is 45.6 Å². The third-order valence-electron chi connectivity index (χ3n) is 3.54. The fourth-order valence-electron chi connectivity index (χ4n) is 2.22. The SMILES string of the molecule is CNC(=O)C1CCCCN1C(=O)CC(C)(C)C(=O)O. The summed E-state index contributed by atoms with van der Waals surface area (Å²) >= 11 is 0. The number of nitrogens with one attached hydrogen (secondary N) is 1. The lowest BCUT2D eigenvalue weighted by atomic mass is 9.88. The molecule has 1 atom stereocenters. The maximum absolute atomic E-state index is 12.2. The minimum atomic E-state index is -1.11. The van der Waals surface area contributed by atoms with Crippen molar-refractivity contribution in [1.82, 2.24) is 10.2 Å². The molecule has 0 aromatic rings. The topological polar surface area (TPSA) is 86.7 Å². The summed E-state index contributed by atoms with van der Waals surface area (Å²) in [5, 5.41) is 11.6. The summed E-state index contributed by atoms with van der Waals surface area (Å²) in [4.78, 5) is 36.6. The second kappa shape index (κ2) is 6.04. The number of carbonyl (C=O) groups excluding carboxylic acids is 2. The molecule has 1 unspecified atom stereocenters. The van der Waals surface area contributed by atoms with E-state index in [0.717, 1.165) is 12.8 Å². The van der Waals surface area contributed by atoms with Gasteiger partial charge in [-0.05, 0) is 33.1 Å². The third kappa shape index (κ3) is 3.68. The molecular formula is C13H22N2O4. The lowest BCUT2D eigenvalue weighted by Gasteiger charge is -2.35. The molecule has 1 fully saturated rings. The Morgan fingerprint density at radius 3 is 2.47 bits per heavy atom. The fraction of sp³-hybridized carbons (Fsp3) is 0.769. The van der Waals surface area contributed by atoms with Gasteiger partial charge in [0.1, 0.15) is 6.04 Å². The number of likely N-dealkylation sites (N-methyl/N-ethyl adjacent to an activating group) is 1. The molecular weight excluding hydrogens is 248 g/mol. The normalized spacial score (nSPS) is 19.9. The van der Waals surface area contributed by atoms with E-state index in [9.17, 15) is 14.4 Å². The van der Waals surface area contributed by atoms with E-state index in [1.54, 1.807) is 7.05 Å². The van der Waals surface area contributed by atoms with Crippen molar-refractivity contribution in [2.24, 2.45) is 5.41 Å². The third-order valence-corrected chi connectivity index (χ3v) is 3.54. The fourth-order valence-corrected chi connectivity index (χ4v) is 2.22. The Labute approximate surface area is 113 Å². The number of nitrogens with zero attached hydrogens (tertiary/aromatic N) is 1. The first-order valence-electron chi connectivity index (χ1n) is 6.54. The van der Waals surface area contributed by atoms with Crippen LogP contribution in [-0.2, 0) is 14.4 Å². The number of likely N-dealkylation sites (tertiary alicyclic amines) is 1. The highest BCUT2D eigenvalue weighted by Crippen LogP contribution is 2.25. The van der Waals surface area contributed by atoms with Gasteiger partial charge in [0.15, 0.2) is 0 Å². The van der Waals surface area contributed by atoms with Crippen molar-refractivity contribution >= 4 is 17.8 Å². The summed E-state index contributed by atoms with van der Waals surface area (Å²) in [6.07, 6.45) is 2.31. The van der Waals surface area contributed by atoms with Crippen molar-refractivity contribution in [3.8, 4) is 0 Å². The van der Waals surface area contributed by atoms with Crippen LogP contribution in [0.3, 0.4) is 0 Å². The number of hydrogen-bond donors (Lipinski definition) is 2. The van der Waals surface area contributed by atoms with Gasteiger partial charge in [0.2, 0.25) is 11.8 Å². The quantitative estimate of drug-likeness (QED) is 0.783. The van der Waals surface area contributed by atoms with E-state index in [4.69, 9.17) is 5.11 Å². The van der Waals surface area contributed by atoms with Crippen molar-refractivity contribution in [3.63, 3.8) is 0 Å². The van der Waals surface area contributed by atoms with Gasteiger partial charge in [-0.15, -0.1) is 0 Å². The van der Waals surface area contributed by atoms with Crippen LogP contribution in [-0.4, -0.2) is 47.4 Å². The Morgan fingerprint density at radius 1 is 1.32 bits per heavy atom. The molecule has 1 rings (SSSR count). The van der Waals surface area contributed by atoms with Gasteiger partial charge in [-0.1, -0.05) is 0 Å². The summed E-state index contributed by atoms with van der Waals surface area (Å²) in [6.45, 7) is 3.56. The molecule has 0 saturated carbocycles. The summed E-state index contributed by atoms with van der Waals surface area (Å²) in [5.74, 6) is -1.45. The number of carboxylic acids is 1. The van der Waals surface area contributed by atoms with E-state index in [-0.39, 0.29) is 18.2 Å². The average Bonchev–Trinajstić information content (AvgIpc) is 2.37. The van der Waals surface area contributed by atoms with Gasteiger partial charge in [-0.2, -0.15) is 0 Å². The number of rotatable bonds is 4. The molecule has 2 amide bonds. The first-order chi connectivity index (χ1) is 8.79. The molecule has 0 aliphatic carbocycles. The minimum absolute atomic E-state index is 0.0875. The summed E-state index contributed by atoms with van der Waals surface area (Å²) < 4.78 is 0. The first-order valence-corrected chi connectivity index (χ1v) is 6.54. The zero-order chi connectivity index (χ0) is 14.6. The molecule has 6 heteroatoms. The highest BCUT2D eigenvalue weighted by atomic mass is 16.4. The molecule has 0 aromatic heterocycles. The van der Waals surface area contributed by atoms with Gasteiger partial charge in [-0.25, -0.2) is 0 Å². The highest BCUT2D eigenvalue weighted by Gasteiger charge is 2.36. The number of hydrogen-bond acceptors (Lipinski definition) is 3. The first kappa shape index (κ1) is 15.5. The average molecular weight is 270 g/mol. The zero-order valence-corrected chi connectivity index (χ0v) is 11.7. The maximum Gasteiger partial charge on any atom is 0.309 e. The Balaban J connectivity index is 2.78. The second-order valence-electron chi connectivity index (χ2n) is 5.58. The van der Waals surface area contributed by atoms with E-state index in [2.05, 4.69) is 5.32 Å². The highest BCUT2D eigenvalue weighted by molar-refractivity contribution is 5.90. The number of aliphatic carboxylic acids is 1. The van der Waals surface area contributed by atoms with E-state index >= 15 is 0 Å². The predicted molar refractivity (Wildman–Crippen MR) is 69.5 cm³/mol. The molecule has 6 nitrogen and oxygen atoms in total. The van der Waals surface area contributed by atoms with Crippen LogP contribution in [0.1, 0.15) is 39.5 Å². The van der Waals surface area contributed by atoms with Gasteiger partial charge < -0.3 is 15.3 Å². The Kier molecular flexibility index (Phi) is 4.91. The smallest absolute Gasteiger partial charge is 0.309 e. The summed E-state index contributed by atoms with van der Waals surface area (Å²) in [6, 6.07) is -0.462. The van der Waals surface area contributed by atoms with Crippen molar-refractivity contribution < 1.29 is 19.5 Å². The predicted octanol–water partition coefficient (Wildman–Crippen LogP) is 0.614. The molecule has 0 spiro atoms. The van der Waals surface area contributed by atoms with Gasteiger partial charge >= 0.3 is 5.97 Å². The standard InChI is InChI=1S/C13H22N2O4/c1-13(2,12(18)19)8-10(16)15-7-5-4-6-9(15)11(17)14-3/h9H,4-8H2,1-3H3,(H,14,17)(H,18,19). The van der Waals surface area contributed by atoms with E-state index in [1.807, 2.05) is 0 Å². The maximum atomic E-state index is 12.2. The summed E-state index contributed by atoms with van der Waals surface area (Å²) in [7, 11) is 1.54. The molecule has 1 heterocycles. The second-order valence-corrected chi connectivity index (χ2v) is 5.58. The molecule has 108 valence electrons. The molecule has 0 radical (unpaired) electrons. The van der Waals surface area contributed by atoms with Crippen LogP contribution in [0.2, 0.25) is 0 Å². The lowest BCUT2D eigenvalue weighted by Crippen LogP contribution is -2.52. The Morgan fingerprint density at radius 2 is 1.95 bits per heavy atom. The van der Waals surface area contributed by atoms with Crippen LogP contribution < -0.4 is 5.32 Å². The van der Waals surface area contributed by atoms with Crippen LogP contribution in [0, 0.1) is 5.41 Å². The minimum Gasteiger partial charge on any atom is -0.481 e. The number of carboxylic acid groups (broad SMARTS) is 1. The number of carbonyl (C=O) groups is 3. The molecule has 0 bridgehead atoms. The zero-order valence-electron chi connectivity index (χ0n) is 11.7. The van der Waals surface area contributed by atoms with E-state index in [0.29, 0.717) is 13.0 Å². The lowest BCUT2D eigenvalue weighted by molar-refractivity contribution is -0.153.